The van der Waals surface area contributed by atoms with Gasteiger partial charge in [0.2, 0.25) is 5.91 Å². The molecule has 2 N–H and O–H groups in total. The quantitative estimate of drug-likeness (QED) is 0.0381. The molecule has 0 spiro atoms. The first-order chi connectivity index (χ1) is 24.5. The third kappa shape index (κ3) is 27.8. The molecule has 0 aromatic heterocycles. The molecule has 0 bridgehead atoms. The van der Waals surface area contributed by atoms with Gasteiger partial charge in [-0.3, -0.25) is 4.79 Å². The Morgan fingerprint density at radius 2 is 1.36 bits per heavy atom. The predicted octanol–water partition coefficient (Wildman–Crippen LogP) is 11.6. The van der Waals surface area contributed by atoms with Crippen LogP contribution in [0.25, 0.3) is 0 Å². The summed E-state index contributed by atoms with van der Waals surface area (Å²) in [6.07, 6.45) is 37.3. The molecule has 6 nitrogen and oxygen atoms in total. The van der Waals surface area contributed by atoms with Gasteiger partial charge in [-0.05, 0) is 89.6 Å². The number of carbonyl (C=O) groups excluding carboxylic acids is 2. The van der Waals surface area contributed by atoms with Crippen LogP contribution in [0.1, 0.15) is 201 Å². The summed E-state index contributed by atoms with van der Waals surface area (Å²) in [6.45, 7) is 16.4. The van der Waals surface area contributed by atoms with Crippen LogP contribution in [0.3, 0.4) is 0 Å². The van der Waals surface area contributed by atoms with Crippen molar-refractivity contribution in [2.24, 2.45) is 5.92 Å². The Morgan fingerprint density at radius 1 is 0.800 bits per heavy atom. The predicted molar refractivity (Wildman–Crippen MR) is 215 cm³/mol. The first kappa shape index (κ1) is 46.2. The largest absolute Gasteiger partial charge is 0.495 e. The van der Waals surface area contributed by atoms with Gasteiger partial charge in [-0.15, -0.1) is 0 Å². The lowest BCUT2D eigenvalue weighted by Gasteiger charge is -2.26. The maximum absolute atomic E-state index is 12.2. The van der Waals surface area contributed by atoms with Crippen LogP contribution in [0.15, 0.2) is 24.1 Å². The van der Waals surface area contributed by atoms with Crippen molar-refractivity contribution in [1.29, 1.82) is 0 Å². The Labute approximate surface area is 310 Å². The van der Waals surface area contributed by atoms with Gasteiger partial charge in [-0.1, -0.05) is 124 Å². The molecule has 0 saturated carbocycles. The van der Waals surface area contributed by atoms with Gasteiger partial charge in [0.15, 0.2) is 0 Å². The molecule has 1 aliphatic heterocycles. The summed E-state index contributed by atoms with van der Waals surface area (Å²) in [5.74, 6) is 1.76. The Kier molecular flexibility index (Phi) is 31.7. The number of unbranched alkanes of at least 4 members (excludes halogenated alkanes) is 18. The fourth-order valence-corrected chi connectivity index (χ4v) is 7.20. The fourth-order valence-electron chi connectivity index (χ4n) is 7.20. The van der Waals surface area contributed by atoms with E-state index in [-0.39, 0.29) is 5.91 Å². The van der Waals surface area contributed by atoms with Gasteiger partial charge >= 0.3 is 0 Å². The normalized spacial score (nSPS) is 13.4. The van der Waals surface area contributed by atoms with Crippen molar-refractivity contribution in [3.05, 3.63) is 24.1 Å². The second kappa shape index (κ2) is 34.3. The van der Waals surface area contributed by atoms with Gasteiger partial charge < -0.3 is 25.1 Å². The Hall–Kier alpha value is -1.82. The van der Waals surface area contributed by atoms with Crippen molar-refractivity contribution in [2.45, 2.75) is 207 Å². The van der Waals surface area contributed by atoms with Gasteiger partial charge in [-0.25, -0.2) is 0 Å². The van der Waals surface area contributed by atoms with E-state index in [0.29, 0.717) is 18.4 Å². The average molecular weight is 702 g/mol. The molecule has 1 unspecified atom stereocenters. The van der Waals surface area contributed by atoms with E-state index in [1.807, 2.05) is 6.20 Å². The number of rotatable bonds is 38. The lowest BCUT2D eigenvalue weighted by molar-refractivity contribution is -0.117. The molecule has 0 aliphatic carbocycles. The van der Waals surface area contributed by atoms with Gasteiger partial charge in [0.1, 0.15) is 6.29 Å². The van der Waals surface area contributed by atoms with E-state index < -0.39 is 0 Å². The fraction of sp³-hybridized carbons (Fsp3) is 0.864. The third-order valence-electron chi connectivity index (χ3n) is 10.4. The van der Waals surface area contributed by atoms with Crippen molar-refractivity contribution < 1.29 is 14.3 Å². The number of allylic oxidation sites excluding steroid dienone is 1. The molecule has 0 saturated heterocycles. The second-order valence-corrected chi connectivity index (χ2v) is 15.5. The van der Waals surface area contributed by atoms with Crippen LogP contribution in [-0.2, 0) is 14.3 Å². The van der Waals surface area contributed by atoms with E-state index >= 15 is 0 Å². The van der Waals surface area contributed by atoms with E-state index in [2.05, 4.69) is 42.9 Å². The summed E-state index contributed by atoms with van der Waals surface area (Å²) in [5.41, 5.74) is 0.878. The lowest BCUT2D eigenvalue weighted by atomic mass is 10.0. The molecular weight excluding hydrogens is 619 g/mol. The number of amides is 1. The van der Waals surface area contributed by atoms with E-state index in [0.717, 1.165) is 82.3 Å². The molecule has 0 aromatic carbocycles. The van der Waals surface area contributed by atoms with E-state index in [9.17, 15) is 9.59 Å². The smallest absolute Gasteiger partial charge is 0.248 e. The second-order valence-electron chi connectivity index (χ2n) is 15.5. The minimum atomic E-state index is 0.0910. The minimum Gasteiger partial charge on any atom is -0.495 e. The van der Waals surface area contributed by atoms with Crippen LogP contribution in [0.5, 0.6) is 0 Å². The van der Waals surface area contributed by atoms with Gasteiger partial charge in [-0.2, -0.15) is 0 Å². The highest BCUT2D eigenvalue weighted by Crippen LogP contribution is 2.21. The van der Waals surface area contributed by atoms with Gasteiger partial charge in [0, 0.05) is 44.2 Å². The zero-order chi connectivity index (χ0) is 36.3. The van der Waals surface area contributed by atoms with Crippen molar-refractivity contribution in [3.63, 3.8) is 0 Å². The van der Waals surface area contributed by atoms with E-state index in [4.69, 9.17) is 4.74 Å². The first-order valence-electron chi connectivity index (χ1n) is 21.7. The summed E-state index contributed by atoms with van der Waals surface area (Å²) >= 11 is 0. The van der Waals surface area contributed by atoms with Crippen molar-refractivity contribution >= 4 is 12.2 Å². The summed E-state index contributed by atoms with van der Waals surface area (Å²) in [4.78, 5) is 25.6. The monoisotopic (exact) mass is 702 g/mol. The van der Waals surface area contributed by atoms with E-state index in [1.54, 1.807) is 0 Å². The molecule has 1 rings (SSSR count). The number of hydrogen-bond acceptors (Lipinski definition) is 5. The molecule has 0 radical (unpaired) electrons. The van der Waals surface area contributed by atoms with Crippen LogP contribution in [0.2, 0.25) is 0 Å². The van der Waals surface area contributed by atoms with Crippen LogP contribution < -0.4 is 10.6 Å². The highest BCUT2D eigenvalue weighted by atomic mass is 16.5. The van der Waals surface area contributed by atoms with Crippen LogP contribution >= 0.6 is 0 Å². The molecule has 0 aromatic rings. The number of aldehydes is 1. The van der Waals surface area contributed by atoms with Crippen molar-refractivity contribution in [1.82, 2.24) is 15.5 Å². The molecule has 1 aliphatic rings. The van der Waals surface area contributed by atoms with Crippen LogP contribution in [0.4, 0.5) is 0 Å². The maximum atomic E-state index is 12.2. The SMILES string of the molecule is C=C(CCCCCCCN(CCCCCC=O)CC(C)CCCCNC(=O)C1=CNCC1)OC(CCCCCCCC)CCCCCCCC. The topological polar surface area (TPSA) is 70.7 Å². The Balaban J connectivity index is 2.30. The molecule has 1 amide bonds. The zero-order valence-electron chi connectivity index (χ0n) is 33.5. The molecular formula is C44H83N3O3. The Morgan fingerprint density at radius 3 is 1.96 bits per heavy atom. The molecule has 1 heterocycles. The number of carbonyl (C=O) groups is 2. The molecule has 1 atom stereocenters. The molecule has 6 heteroatoms. The van der Waals surface area contributed by atoms with Crippen LogP contribution in [-0.4, -0.2) is 55.9 Å². The van der Waals surface area contributed by atoms with Crippen molar-refractivity contribution in [2.75, 3.05) is 32.7 Å². The first-order valence-corrected chi connectivity index (χ1v) is 21.7. The average Bonchev–Trinajstić information content (AvgIpc) is 3.66. The minimum absolute atomic E-state index is 0.0910. The highest BCUT2D eigenvalue weighted by molar-refractivity contribution is 5.93. The lowest BCUT2D eigenvalue weighted by Crippen LogP contribution is -2.31. The van der Waals surface area contributed by atoms with Crippen LogP contribution in [0, 0.1) is 5.92 Å². The summed E-state index contributed by atoms with van der Waals surface area (Å²) in [7, 11) is 0. The number of hydrogen-bond donors (Lipinski definition) is 2. The number of nitrogens with one attached hydrogen (secondary N) is 2. The van der Waals surface area contributed by atoms with Crippen molar-refractivity contribution in [3.8, 4) is 0 Å². The van der Waals surface area contributed by atoms with E-state index in [1.165, 1.54) is 141 Å². The van der Waals surface area contributed by atoms with Gasteiger partial charge in [0.25, 0.3) is 0 Å². The Bertz CT molecular complexity index is 828. The molecule has 50 heavy (non-hydrogen) atoms. The highest BCUT2D eigenvalue weighted by Gasteiger charge is 2.14. The standard InChI is InChI=1S/C44H83N3O3/c1-5-7-9-11-15-21-30-43(31-22-16-12-10-8-6-2)50-41(4)29-20-14-13-17-25-35-47(36-26-18-19-27-37-48)39-40(3)28-23-24-33-46-44(49)42-32-34-45-38-42/h37-38,40,43,45H,4-36,39H2,1-3H3,(H,46,49). The summed E-state index contributed by atoms with van der Waals surface area (Å²) < 4.78 is 6.49. The number of nitrogens with zero attached hydrogens (tertiary/aromatic N) is 1. The summed E-state index contributed by atoms with van der Waals surface area (Å²) in [6, 6.07) is 0. The number of ether oxygens (including phenoxy) is 1. The van der Waals surface area contributed by atoms with Gasteiger partial charge in [0.05, 0.1) is 11.9 Å². The third-order valence-corrected chi connectivity index (χ3v) is 10.4. The summed E-state index contributed by atoms with van der Waals surface area (Å²) in [5, 5.41) is 6.20. The molecule has 0 fully saturated rings. The zero-order valence-corrected chi connectivity index (χ0v) is 33.5. The maximum Gasteiger partial charge on any atom is 0.248 e. The molecule has 292 valence electrons.